The summed E-state index contributed by atoms with van der Waals surface area (Å²) >= 11 is 0. The van der Waals surface area contributed by atoms with E-state index in [1.54, 1.807) is 0 Å². The van der Waals surface area contributed by atoms with Crippen LogP contribution in [0.4, 0.5) is 4.79 Å². The number of carbonyl (C=O) groups excluding carboxylic acids is 1. The van der Waals surface area contributed by atoms with Crippen molar-refractivity contribution < 1.29 is 9.53 Å². The van der Waals surface area contributed by atoms with E-state index < -0.39 is 5.60 Å². The molecule has 1 atom stereocenters. The zero-order valence-electron chi connectivity index (χ0n) is 14.4. The number of nitrogens with one attached hydrogen (secondary N) is 1. The van der Waals surface area contributed by atoms with Crippen molar-refractivity contribution in [3.8, 4) is 0 Å². The lowest BCUT2D eigenvalue weighted by Gasteiger charge is -2.22. The van der Waals surface area contributed by atoms with E-state index in [1.807, 2.05) is 20.8 Å². The highest BCUT2D eigenvalue weighted by atomic mass is 16.6. The molecule has 0 unspecified atom stereocenters. The van der Waals surface area contributed by atoms with Gasteiger partial charge in [-0.05, 0) is 52.2 Å². The molecule has 1 aliphatic rings. The van der Waals surface area contributed by atoms with E-state index >= 15 is 0 Å². The Morgan fingerprint density at radius 2 is 2.09 bits per heavy atom. The van der Waals surface area contributed by atoms with Gasteiger partial charge < -0.3 is 10.1 Å². The maximum Gasteiger partial charge on any atom is 0.407 e. The number of carbonyl (C=O) groups is 1. The predicted octanol–water partition coefficient (Wildman–Crippen LogP) is 3.40. The Labute approximate surface area is 133 Å². The highest BCUT2D eigenvalue weighted by molar-refractivity contribution is 5.68. The van der Waals surface area contributed by atoms with E-state index in [2.05, 4.69) is 42.3 Å². The van der Waals surface area contributed by atoms with Crippen LogP contribution in [-0.4, -0.2) is 35.7 Å². The standard InChI is InChI=1S/C18H28N2O2/c1-13-6-7-15(14(2)10-13)11-20-9-8-16(12-20)19-17(21)22-18(3,4)5/h6-7,10,16H,8-9,11-12H2,1-5H3,(H,19,21)/t16-/m1/s1. The van der Waals surface area contributed by atoms with Crippen LogP contribution >= 0.6 is 0 Å². The van der Waals surface area contributed by atoms with E-state index in [0.717, 1.165) is 26.1 Å². The summed E-state index contributed by atoms with van der Waals surface area (Å²) in [6.07, 6.45) is 0.662. The topological polar surface area (TPSA) is 41.6 Å². The smallest absolute Gasteiger partial charge is 0.407 e. The summed E-state index contributed by atoms with van der Waals surface area (Å²) in [6.45, 7) is 12.8. The number of nitrogens with zero attached hydrogens (tertiary/aromatic N) is 1. The molecule has 4 nitrogen and oxygen atoms in total. The number of hydrogen-bond donors (Lipinski definition) is 1. The van der Waals surface area contributed by atoms with E-state index in [9.17, 15) is 4.79 Å². The molecule has 0 bridgehead atoms. The summed E-state index contributed by atoms with van der Waals surface area (Å²) in [5.74, 6) is 0. The minimum Gasteiger partial charge on any atom is -0.444 e. The van der Waals surface area contributed by atoms with E-state index in [4.69, 9.17) is 4.74 Å². The van der Waals surface area contributed by atoms with E-state index in [-0.39, 0.29) is 12.1 Å². The second-order valence-electron chi connectivity index (χ2n) is 7.30. The molecule has 122 valence electrons. The molecule has 1 amide bonds. The molecule has 0 aromatic heterocycles. The molecule has 2 rings (SSSR count). The van der Waals surface area contributed by atoms with Crippen LogP contribution in [0.1, 0.15) is 43.9 Å². The summed E-state index contributed by atoms with van der Waals surface area (Å²) in [5, 5.41) is 2.97. The van der Waals surface area contributed by atoms with Gasteiger partial charge in [0.05, 0.1) is 0 Å². The number of benzene rings is 1. The SMILES string of the molecule is Cc1ccc(CN2CC[C@@H](NC(=O)OC(C)(C)C)C2)c(C)c1. The van der Waals surface area contributed by atoms with E-state index in [0.29, 0.717) is 0 Å². The highest BCUT2D eigenvalue weighted by Gasteiger charge is 2.26. The molecule has 0 aliphatic carbocycles. The first-order chi connectivity index (χ1) is 10.2. The Kier molecular flexibility index (Phi) is 5.12. The van der Waals surface area contributed by atoms with Crippen LogP contribution in [0.2, 0.25) is 0 Å². The van der Waals surface area contributed by atoms with Gasteiger partial charge in [0.2, 0.25) is 0 Å². The van der Waals surface area contributed by atoms with Crippen molar-refractivity contribution in [2.45, 2.75) is 59.2 Å². The Balaban J connectivity index is 1.84. The lowest BCUT2D eigenvalue weighted by atomic mass is 10.1. The van der Waals surface area contributed by atoms with Gasteiger partial charge in [-0.25, -0.2) is 4.79 Å². The minimum atomic E-state index is -0.443. The first kappa shape index (κ1) is 16.8. The third-order valence-electron chi connectivity index (χ3n) is 3.89. The molecule has 1 N–H and O–H groups in total. The average molecular weight is 304 g/mol. The molecule has 4 heteroatoms. The molecule has 22 heavy (non-hydrogen) atoms. The largest absolute Gasteiger partial charge is 0.444 e. The fourth-order valence-electron chi connectivity index (χ4n) is 2.83. The van der Waals surface area contributed by atoms with Crippen molar-refractivity contribution in [1.29, 1.82) is 0 Å². The molecule has 1 aliphatic heterocycles. The number of amides is 1. The number of aryl methyl sites for hydroxylation is 2. The normalized spacial score (nSPS) is 19.2. The fraction of sp³-hybridized carbons (Fsp3) is 0.611. The van der Waals surface area contributed by atoms with Gasteiger partial charge in [0, 0.05) is 25.7 Å². The first-order valence-electron chi connectivity index (χ1n) is 8.01. The number of ether oxygens (including phenoxy) is 1. The highest BCUT2D eigenvalue weighted by Crippen LogP contribution is 2.17. The summed E-state index contributed by atoms with van der Waals surface area (Å²) in [7, 11) is 0. The van der Waals surface area contributed by atoms with Crippen LogP contribution in [0.15, 0.2) is 18.2 Å². The first-order valence-corrected chi connectivity index (χ1v) is 8.01. The molecule has 1 heterocycles. The van der Waals surface area contributed by atoms with Crippen LogP contribution in [0, 0.1) is 13.8 Å². The zero-order chi connectivity index (χ0) is 16.3. The van der Waals surface area contributed by atoms with Gasteiger partial charge in [-0.3, -0.25) is 4.90 Å². The lowest BCUT2D eigenvalue weighted by Crippen LogP contribution is -2.40. The van der Waals surface area contributed by atoms with Crippen LogP contribution in [0.25, 0.3) is 0 Å². The number of alkyl carbamates (subject to hydrolysis) is 1. The van der Waals surface area contributed by atoms with Gasteiger partial charge in [-0.1, -0.05) is 23.8 Å². The molecule has 1 aromatic carbocycles. The minimum absolute atomic E-state index is 0.181. The Bertz CT molecular complexity index is 534. The summed E-state index contributed by atoms with van der Waals surface area (Å²) in [5.41, 5.74) is 3.56. The van der Waals surface area contributed by atoms with Crippen molar-refractivity contribution in [3.05, 3.63) is 34.9 Å². The second kappa shape index (κ2) is 6.69. The molecule has 1 aromatic rings. The monoisotopic (exact) mass is 304 g/mol. The van der Waals surface area contributed by atoms with Crippen molar-refractivity contribution in [3.63, 3.8) is 0 Å². The molecule has 0 radical (unpaired) electrons. The van der Waals surface area contributed by atoms with Crippen molar-refractivity contribution in [1.82, 2.24) is 10.2 Å². The molecular weight excluding hydrogens is 276 g/mol. The molecule has 0 spiro atoms. The Morgan fingerprint density at radius 1 is 1.36 bits per heavy atom. The summed E-state index contributed by atoms with van der Waals surface area (Å²) in [4.78, 5) is 14.2. The molecule has 1 fully saturated rings. The Hall–Kier alpha value is -1.55. The molecule has 1 saturated heterocycles. The maximum atomic E-state index is 11.8. The number of hydrogen-bond acceptors (Lipinski definition) is 3. The van der Waals surface area contributed by atoms with Gasteiger partial charge in [0.15, 0.2) is 0 Å². The lowest BCUT2D eigenvalue weighted by molar-refractivity contribution is 0.0505. The number of rotatable bonds is 3. The van der Waals surface area contributed by atoms with Gasteiger partial charge >= 0.3 is 6.09 Å². The van der Waals surface area contributed by atoms with E-state index in [1.165, 1.54) is 16.7 Å². The van der Waals surface area contributed by atoms with Gasteiger partial charge in [-0.15, -0.1) is 0 Å². The van der Waals surface area contributed by atoms with Gasteiger partial charge in [-0.2, -0.15) is 0 Å². The Morgan fingerprint density at radius 3 is 2.73 bits per heavy atom. The quantitative estimate of drug-likeness (QED) is 0.930. The van der Waals surface area contributed by atoms with Crippen molar-refractivity contribution >= 4 is 6.09 Å². The van der Waals surface area contributed by atoms with Gasteiger partial charge in [0.25, 0.3) is 0 Å². The van der Waals surface area contributed by atoms with Crippen LogP contribution in [0.3, 0.4) is 0 Å². The van der Waals surface area contributed by atoms with Crippen LogP contribution in [0.5, 0.6) is 0 Å². The third-order valence-corrected chi connectivity index (χ3v) is 3.89. The zero-order valence-corrected chi connectivity index (χ0v) is 14.4. The van der Waals surface area contributed by atoms with Crippen LogP contribution < -0.4 is 5.32 Å². The van der Waals surface area contributed by atoms with Crippen molar-refractivity contribution in [2.24, 2.45) is 0 Å². The molecular formula is C18H28N2O2. The summed E-state index contributed by atoms with van der Waals surface area (Å²) in [6, 6.07) is 6.77. The van der Waals surface area contributed by atoms with Crippen molar-refractivity contribution in [2.75, 3.05) is 13.1 Å². The average Bonchev–Trinajstić information content (AvgIpc) is 2.77. The predicted molar refractivity (Wildman–Crippen MR) is 89.0 cm³/mol. The molecule has 0 saturated carbocycles. The van der Waals surface area contributed by atoms with Gasteiger partial charge in [0.1, 0.15) is 5.60 Å². The fourth-order valence-corrected chi connectivity index (χ4v) is 2.83. The second-order valence-corrected chi connectivity index (χ2v) is 7.30. The van der Waals surface area contributed by atoms with Crippen LogP contribution in [-0.2, 0) is 11.3 Å². The maximum absolute atomic E-state index is 11.8. The summed E-state index contributed by atoms with van der Waals surface area (Å²) < 4.78 is 5.32. The third kappa shape index (κ3) is 5.02. The number of likely N-dealkylation sites (tertiary alicyclic amines) is 1.